The molecule has 4 aromatic rings. The van der Waals surface area contributed by atoms with Crippen LogP contribution in [0.4, 0.5) is 10.1 Å². The van der Waals surface area contributed by atoms with E-state index in [2.05, 4.69) is 20.6 Å². The average molecular weight is 457 g/mol. The monoisotopic (exact) mass is 456 g/mol. The van der Waals surface area contributed by atoms with Crippen molar-refractivity contribution in [3.8, 4) is 17.3 Å². The smallest absolute Gasteiger partial charge is 0.270 e. The molecule has 2 heterocycles. The molecule has 10 nitrogen and oxygen atoms in total. The molecular weight excluding hydrogens is 443 g/mol. The third-order valence-electron chi connectivity index (χ3n) is 4.39. The van der Waals surface area contributed by atoms with Crippen LogP contribution in [0.5, 0.6) is 5.88 Å². The minimum Gasteiger partial charge on any atom is -0.475 e. The van der Waals surface area contributed by atoms with Gasteiger partial charge in [-0.15, -0.1) is 15.3 Å². The first-order chi connectivity index (χ1) is 15.4. The minimum atomic E-state index is -0.595. The Hall–Kier alpha value is -4.12. The topological polar surface area (TPSA) is 125 Å². The van der Waals surface area contributed by atoms with Gasteiger partial charge in [0.2, 0.25) is 5.88 Å². The maximum absolute atomic E-state index is 13.2. The van der Waals surface area contributed by atoms with Crippen LogP contribution in [0, 0.1) is 15.9 Å². The zero-order chi connectivity index (χ0) is 22.7. The molecule has 2 aromatic heterocycles. The summed E-state index contributed by atoms with van der Waals surface area (Å²) in [6.45, 7) is 0.238. The number of ether oxygens (including phenoxy) is 1. The lowest BCUT2D eigenvalue weighted by molar-refractivity contribution is -0.384. The van der Waals surface area contributed by atoms with Crippen molar-refractivity contribution in [2.24, 2.45) is 0 Å². The van der Waals surface area contributed by atoms with Gasteiger partial charge in [-0.05, 0) is 36.4 Å². The van der Waals surface area contributed by atoms with Crippen molar-refractivity contribution in [2.45, 2.75) is 0 Å². The highest BCUT2D eigenvalue weighted by molar-refractivity contribution is 6.34. The lowest BCUT2D eigenvalue weighted by atomic mass is 10.2. The van der Waals surface area contributed by atoms with Crippen LogP contribution in [0.15, 0.2) is 54.6 Å². The van der Waals surface area contributed by atoms with Gasteiger partial charge >= 0.3 is 0 Å². The summed E-state index contributed by atoms with van der Waals surface area (Å²) >= 11 is 5.95. The number of nitrogens with one attached hydrogen (secondary N) is 1. The third kappa shape index (κ3) is 4.47. The minimum absolute atomic E-state index is 0.0225. The van der Waals surface area contributed by atoms with Crippen LogP contribution in [0.1, 0.15) is 10.4 Å². The predicted molar refractivity (Wildman–Crippen MR) is 112 cm³/mol. The maximum atomic E-state index is 13.2. The van der Waals surface area contributed by atoms with Crippen molar-refractivity contribution in [3.63, 3.8) is 0 Å². The number of aromatic nitrogens is 4. The van der Waals surface area contributed by atoms with Gasteiger partial charge in [0.15, 0.2) is 11.5 Å². The van der Waals surface area contributed by atoms with E-state index in [0.29, 0.717) is 17.0 Å². The van der Waals surface area contributed by atoms with E-state index in [-0.39, 0.29) is 41.1 Å². The molecule has 0 spiro atoms. The van der Waals surface area contributed by atoms with Crippen LogP contribution in [-0.2, 0) is 0 Å². The van der Waals surface area contributed by atoms with Gasteiger partial charge in [-0.25, -0.2) is 4.39 Å². The Morgan fingerprint density at radius 1 is 1.16 bits per heavy atom. The maximum Gasteiger partial charge on any atom is 0.270 e. The Morgan fingerprint density at radius 2 is 1.94 bits per heavy atom. The van der Waals surface area contributed by atoms with E-state index in [1.165, 1.54) is 28.8 Å². The first-order valence-corrected chi connectivity index (χ1v) is 9.63. The fraction of sp³-hybridized carbons (Fsp3) is 0.100. The van der Waals surface area contributed by atoms with Crippen molar-refractivity contribution in [1.82, 2.24) is 25.1 Å². The molecule has 12 heteroatoms. The SMILES string of the molecule is O=C(NCCOc1ccc2nnc(-c3ccc(F)cc3)n2n1)c1ccc([N+](=O)[O-])cc1Cl. The number of nitro groups is 1. The second-order valence-corrected chi connectivity index (χ2v) is 6.90. The molecule has 2 aromatic carbocycles. The largest absolute Gasteiger partial charge is 0.475 e. The Bertz CT molecular complexity index is 1310. The van der Waals surface area contributed by atoms with Crippen LogP contribution in [-0.4, -0.2) is 43.8 Å². The number of hydrogen-bond donors (Lipinski definition) is 1. The Morgan fingerprint density at radius 3 is 2.66 bits per heavy atom. The van der Waals surface area contributed by atoms with Crippen molar-refractivity contribution in [3.05, 3.63) is 81.1 Å². The fourth-order valence-electron chi connectivity index (χ4n) is 2.85. The van der Waals surface area contributed by atoms with Gasteiger partial charge in [-0.3, -0.25) is 14.9 Å². The molecule has 0 saturated heterocycles. The molecule has 1 amide bonds. The number of benzene rings is 2. The molecule has 0 saturated carbocycles. The highest BCUT2D eigenvalue weighted by Gasteiger charge is 2.15. The molecule has 1 N–H and O–H groups in total. The molecule has 32 heavy (non-hydrogen) atoms. The van der Waals surface area contributed by atoms with Crippen molar-refractivity contribution < 1.29 is 18.8 Å². The Labute approximate surface area is 184 Å². The Kier molecular flexibility index (Phi) is 5.90. The number of carbonyl (C=O) groups is 1. The molecule has 0 radical (unpaired) electrons. The van der Waals surface area contributed by atoms with E-state index in [4.69, 9.17) is 16.3 Å². The van der Waals surface area contributed by atoms with E-state index in [9.17, 15) is 19.3 Å². The van der Waals surface area contributed by atoms with Gasteiger partial charge in [0.25, 0.3) is 11.6 Å². The number of carbonyl (C=O) groups excluding carboxylic acids is 1. The molecule has 0 aliphatic rings. The highest BCUT2D eigenvalue weighted by atomic mass is 35.5. The molecule has 0 fully saturated rings. The number of non-ortho nitro benzene ring substituents is 1. The van der Waals surface area contributed by atoms with E-state index in [1.54, 1.807) is 24.3 Å². The summed E-state index contributed by atoms with van der Waals surface area (Å²) < 4.78 is 20.2. The van der Waals surface area contributed by atoms with Crippen LogP contribution >= 0.6 is 11.6 Å². The number of hydrogen-bond acceptors (Lipinski definition) is 7. The summed E-state index contributed by atoms with van der Waals surface area (Å²) in [5.41, 5.74) is 1.03. The van der Waals surface area contributed by atoms with Gasteiger partial charge in [0.05, 0.1) is 22.1 Å². The van der Waals surface area contributed by atoms with Gasteiger partial charge in [-0.2, -0.15) is 4.52 Å². The molecule has 0 unspecified atom stereocenters. The average Bonchev–Trinajstić information content (AvgIpc) is 3.20. The van der Waals surface area contributed by atoms with E-state index < -0.39 is 10.8 Å². The van der Waals surface area contributed by atoms with Crippen LogP contribution < -0.4 is 10.1 Å². The Balaban J connectivity index is 1.38. The number of rotatable bonds is 7. The predicted octanol–water partition coefficient (Wildman–Crippen LogP) is 3.30. The standard InChI is InChI=1S/C20H14ClFN6O4/c21-16-11-14(28(30)31)5-6-15(16)20(29)23-9-10-32-18-8-7-17-24-25-19(27(17)26-18)12-1-3-13(22)4-2-12/h1-8,11H,9-10H2,(H,23,29). The summed E-state index contributed by atoms with van der Waals surface area (Å²) in [6.07, 6.45) is 0. The van der Waals surface area contributed by atoms with Crippen molar-refractivity contribution in [1.29, 1.82) is 0 Å². The number of amides is 1. The van der Waals surface area contributed by atoms with E-state index in [0.717, 1.165) is 6.07 Å². The number of nitro benzene ring substituents is 1. The summed E-state index contributed by atoms with van der Waals surface area (Å²) in [4.78, 5) is 22.4. The second kappa shape index (κ2) is 8.94. The molecule has 162 valence electrons. The van der Waals surface area contributed by atoms with E-state index in [1.807, 2.05) is 0 Å². The number of nitrogens with zero attached hydrogens (tertiary/aromatic N) is 5. The molecule has 0 aliphatic carbocycles. The molecular formula is C20H14ClFN6O4. The normalized spacial score (nSPS) is 10.8. The zero-order valence-electron chi connectivity index (χ0n) is 16.2. The van der Waals surface area contributed by atoms with Crippen LogP contribution in [0.2, 0.25) is 5.02 Å². The van der Waals surface area contributed by atoms with Gasteiger partial charge in [0, 0.05) is 23.8 Å². The fourth-order valence-corrected chi connectivity index (χ4v) is 3.11. The first kappa shape index (κ1) is 21.1. The third-order valence-corrected chi connectivity index (χ3v) is 4.70. The summed E-state index contributed by atoms with van der Waals surface area (Å²) in [6, 6.07) is 12.6. The molecule has 0 aliphatic heterocycles. The molecule has 4 rings (SSSR count). The number of halogens is 2. The first-order valence-electron chi connectivity index (χ1n) is 9.26. The van der Waals surface area contributed by atoms with Gasteiger partial charge < -0.3 is 10.1 Å². The summed E-state index contributed by atoms with van der Waals surface area (Å²) in [5.74, 6) is -0.166. The molecule has 0 bridgehead atoms. The zero-order valence-corrected chi connectivity index (χ0v) is 17.0. The van der Waals surface area contributed by atoms with Crippen molar-refractivity contribution >= 4 is 28.8 Å². The van der Waals surface area contributed by atoms with Gasteiger partial charge in [0.1, 0.15) is 12.4 Å². The second-order valence-electron chi connectivity index (χ2n) is 6.50. The van der Waals surface area contributed by atoms with Gasteiger partial charge in [-0.1, -0.05) is 11.6 Å². The molecule has 0 atom stereocenters. The summed E-state index contributed by atoms with van der Waals surface area (Å²) in [5, 5.41) is 25.8. The summed E-state index contributed by atoms with van der Waals surface area (Å²) in [7, 11) is 0. The quantitative estimate of drug-likeness (QED) is 0.257. The van der Waals surface area contributed by atoms with E-state index >= 15 is 0 Å². The van der Waals surface area contributed by atoms with Crippen LogP contribution in [0.25, 0.3) is 17.0 Å². The highest BCUT2D eigenvalue weighted by Crippen LogP contribution is 2.22. The van der Waals surface area contributed by atoms with Crippen LogP contribution in [0.3, 0.4) is 0 Å². The van der Waals surface area contributed by atoms with Crippen molar-refractivity contribution in [2.75, 3.05) is 13.2 Å². The lowest BCUT2D eigenvalue weighted by Crippen LogP contribution is -2.28. The number of fused-ring (bicyclic) bond motifs is 1. The lowest BCUT2D eigenvalue weighted by Gasteiger charge is -2.08.